The Kier molecular flexibility index (Phi) is 6.23. The van der Waals surface area contributed by atoms with E-state index in [0.29, 0.717) is 24.3 Å². The van der Waals surface area contributed by atoms with Gasteiger partial charge in [0.1, 0.15) is 5.60 Å². The molecule has 0 spiro atoms. The van der Waals surface area contributed by atoms with E-state index in [1.54, 1.807) is 29.2 Å². The van der Waals surface area contributed by atoms with Crippen molar-refractivity contribution in [1.29, 1.82) is 0 Å². The summed E-state index contributed by atoms with van der Waals surface area (Å²) < 4.78 is 5.27. The number of piperidine rings is 1. The van der Waals surface area contributed by atoms with Crippen molar-refractivity contribution in [3.63, 3.8) is 0 Å². The number of carbonyl (C=O) groups is 3. The summed E-state index contributed by atoms with van der Waals surface area (Å²) >= 11 is 0. The van der Waals surface area contributed by atoms with Crippen molar-refractivity contribution >= 4 is 23.6 Å². The summed E-state index contributed by atoms with van der Waals surface area (Å²) in [5.74, 6) is -0.0549. The van der Waals surface area contributed by atoms with Gasteiger partial charge in [0.15, 0.2) is 5.78 Å². The van der Waals surface area contributed by atoms with Crippen LogP contribution >= 0.6 is 0 Å². The monoisotopic (exact) mass is 361 g/mol. The number of ketones is 1. The van der Waals surface area contributed by atoms with Crippen LogP contribution in [0.2, 0.25) is 0 Å². The molecule has 2 rings (SSSR count). The molecule has 1 aliphatic heterocycles. The number of nitrogens with one attached hydrogen (secondary N) is 2. The Labute approximate surface area is 154 Å². The molecule has 1 atom stereocenters. The fraction of sp³-hybridized carbons (Fsp3) is 0.526. The molecule has 1 aromatic carbocycles. The normalized spacial score (nSPS) is 17.4. The number of hydrogen-bond donors (Lipinski definition) is 2. The molecule has 1 aromatic rings. The van der Waals surface area contributed by atoms with Crippen LogP contribution < -0.4 is 10.6 Å². The summed E-state index contributed by atoms with van der Waals surface area (Å²) in [4.78, 5) is 37.5. The van der Waals surface area contributed by atoms with Gasteiger partial charge in [-0.15, -0.1) is 0 Å². The fourth-order valence-corrected chi connectivity index (χ4v) is 2.77. The molecule has 1 unspecified atom stereocenters. The fourth-order valence-electron chi connectivity index (χ4n) is 2.77. The van der Waals surface area contributed by atoms with E-state index in [1.165, 1.54) is 6.92 Å². The molecule has 3 amide bonds. The third-order valence-electron chi connectivity index (χ3n) is 3.95. The van der Waals surface area contributed by atoms with Crippen LogP contribution in [0.3, 0.4) is 0 Å². The van der Waals surface area contributed by atoms with Gasteiger partial charge in [0.05, 0.1) is 0 Å². The highest BCUT2D eigenvalue weighted by atomic mass is 16.6. The smallest absolute Gasteiger partial charge is 0.407 e. The number of anilines is 1. The molecule has 142 valence electrons. The van der Waals surface area contributed by atoms with Crippen molar-refractivity contribution in [3.8, 4) is 0 Å². The summed E-state index contributed by atoms with van der Waals surface area (Å²) in [7, 11) is 0. The lowest BCUT2D eigenvalue weighted by Gasteiger charge is -2.33. The molecular weight excluding hydrogens is 334 g/mol. The highest BCUT2D eigenvalue weighted by molar-refractivity contribution is 5.96. The van der Waals surface area contributed by atoms with Crippen LogP contribution in [0.15, 0.2) is 24.3 Å². The maximum absolute atomic E-state index is 12.5. The van der Waals surface area contributed by atoms with Gasteiger partial charge in [0.25, 0.3) is 0 Å². The Bertz CT molecular complexity index is 682. The van der Waals surface area contributed by atoms with Gasteiger partial charge in [-0.05, 0) is 52.7 Å². The average molecular weight is 361 g/mol. The number of amides is 3. The van der Waals surface area contributed by atoms with Crippen LogP contribution in [-0.4, -0.2) is 47.5 Å². The topological polar surface area (TPSA) is 87.7 Å². The zero-order chi connectivity index (χ0) is 19.3. The maximum Gasteiger partial charge on any atom is 0.407 e. The lowest BCUT2D eigenvalue weighted by atomic mass is 10.1. The summed E-state index contributed by atoms with van der Waals surface area (Å²) in [6.07, 6.45) is 1.11. The first-order chi connectivity index (χ1) is 12.1. The van der Waals surface area contributed by atoms with E-state index in [9.17, 15) is 14.4 Å². The molecule has 0 radical (unpaired) electrons. The molecule has 0 aromatic heterocycles. The van der Waals surface area contributed by atoms with Gasteiger partial charge in [-0.3, -0.25) is 4.79 Å². The van der Waals surface area contributed by atoms with Crippen LogP contribution in [0.4, 0.5) is 15.3 Å². The van der Waals surface area contributed by atoms with E-state index >= 15 is 0 Å². The van der Waals surface area contributed by atoms with E-state index in [0.717, 1.165) is 12.8 Å². The van der Waals surface area contributed by atoms with Crippen LogP contribution in [0.1, 0.15) is 50.9 Å². The Morgan fingerprint density at radius 3 is 2.62 bits per heavy atom. The number of carbonyl (C=O) groups excluding carboxylic acids is 3. The lowest BCUT2D eigenvalue weighted by molar-refractivity contribution is 0.0480. The first kappa shape index (κ1) is 19.8. The third-order valence-corrected chi connectivity index (χ3v) is 3.95. The van der Waals surface area contributed by atoms with Gasteiger partial charge in [0.2, 0.25) is 0 Å². The lowest BCUT2D eigenvalue weighted by Crippen LogP contribution is -2.51. The zero-order valence-corrected chi connectivity index (χ0v) is 15.8. The number of nitrogens with zero attached hydrogens (tertiary/aromatic N) is 1. The summed E-state index contributed by atoms with van der Waals surface area (Å²) in [6.45, 7) is 7.94. The summed E-state index contributed by atoms with van der Waals surface area (Å²) in [5.41, 5.74) is 0.563. The van der Waals surface area contributed by atoms with E-state index in [2.05, 4.69) is 10.6 Å². The third kappa shape index (κ3) is 6.06. The molecule has 0 saturated carbocycles. The summed E-state index contributed by atoms with van der Waals surface area (Å²) in [5, 5.41) is 5.63. The van der Waals surface area contributed by atoms with Crippen LogP contribution in [-0.2, 0) is 4.74 Å². The minimum atomic E-state index is -0.558. The molecule has 1 saturated heterocycles. The quantitative estimate of drug-likeness (QED) is 0.808. The molecule has 2 N–H and O–H groups in total. The first-order valence-corrected chi connectivity index (χ1v) is 8.80. The molecule has 0 aliphatic carbocycles. The number of benzene rings is 1. The predicted octanol–water partition coefficient (Wildman–Crippen LogP) is 3.41. The molecule has 1 aliphatic rings. The number of ether oxygens (including phenoxy) is 1. The van der Waals surface area contributed by atoms with Crippen LogP contribution in [0.25, 0.3) is 0 Å². The van der Waals surface area contributed by atoms with Gasteiger partial charge in [-0.25, -0.2) is 9.59 Å². The van der Waals surface area contributed by atoms with Gasteiger partial charge in [0, 0.05) is 30.4 Å². The van der Waals surface area contributed by atoms with Gasteiger partial charge < -0.3 is 20.3 Å². The number of Topliss-reactive ketones (excluding diaryl/α,β-unsaturated/α-hetero) is 1. The zero-order valence-electron chi connectivity index (χ0n) is 15.8. The summed E-state index contributed by atoms with van der Waals surface area (Å²) in [6, 6.07) is 6.44. The van der Waals surface area contributed by atoms with Crippen LogP contribution in [0, 0.1) is 0 Å². The Morgan fingerprint density at radius 1 is 1.23 bits per heavy atom. The molecule has 7 heteroatoms. The standard InChI is InChI=1S/C19H27N3O4/c1-13(23)14-7-5-8-15(11-14)20-17(24)22-10-6-9-16(12-22)21-18(25)26-19(2,3)4/h5,7-8,11,16H,6,9-10,12H2,1-4H3,(H,20,24)(H,21,25). The molecule has 1 fully saturated rings. The second-order valence-electron chi connectivity index (χ2n) is 7.50. The average Bonchev–Trinajstić information content (AvgIpc) is 2.53. The molecule has 26 heavy (non-hydrogen) atoms. The van der Waals surface area contributed by atoms with Crippen LogP contribution in [0.5, 0.6) is 0 Å². The minimum Gasteiger partial charge on any atom is -0.444 e. The van der Waals surface area contributed by atoms with Gasteiger partial charge in [-0.1, -0.05) is 12.1 Å². The van der Waals surface area contributed by atoms with E-state index < -0.39 is 11.7 Å². The van der Waals surface area contributed by atoms with Gasteiger partial charge in [-0.2, -0.15) is 0 Å². The van der Waals surface area contributed by atoms with Crippen molar-refractivity contribution < 1.29 is 19.1 Å². The molecule has 7 nitrogen and oxygen atoms in total. The van der Waals surface area contributed by atoms with Gasteiger partial charge >= 0.3 is 12.1 Å². The first-order valence-electron chi connectivity index (χ1n) is 8.80. The van der Waals surface area contributed by atoms with Crippen molar-refractivity contribution in [3.05, 3.63) is 29.8 Å². The molecule has 1 heterocycles. The van der Waals surface area contributed by atoms with Crippen molar-refractivity contribution in [2.45, 2.75) is 52.2 Å². The number of hydrogen-bond acceptors (Lipinski definition) is 4. The predicted molar refractivity (Wildman–Crippen MR) is 99.4 cm³/mol. The SMILES string of the molecule is CC(=O)c1cccc(NC(=O)N2CCCC(NC(=O)OC(C)(C)C)C2)c1. The largest absolute Gasteiger partial charge is 0.444 e. The number of urea groups is 1. The Hall–Kier alpha value is -2.57. The minimum absolute atomic E-state index is 0.0549. The van der Waals surface area contributed by atoms with E-state index in [-0.39, 0.29) is 17.9 Å². The Morgan fingerprint density at radius 2 is 1.96 bits per heavy atom. The molecular formula is C19H27N3O4. The molecule has 0 bridgehead atoms. The van der Waals surface area contributed by atoms with E-state index in [4.69, 9.17) is 4.74 Å². The second kappa shape index (κ2) is 8.21. The number of likely N-dealkylation sites (tertiary alicyclic amines) is 1. The highest BCUT2D eigenvalue weighted by Gasteiger charge is 2.26. The van der Waals surface area contributed by atoms with Crippen molar-refractivity contribution in [2.75, 3.05) is 18.4 Å². The van der Waals surface area contributed by atoms with E-state index in [1.807, 2.05) is 20.8 Å². The van der Waals surface area contributed by atoms with Crippen molar-refractivity contribution in [2.24, 2.45) is 0 Å². The maximum atomic E-state index is 12.5. The second-order valence-corrected chi connectivity index (χ2v) is 7.50. The number of rotatable bonds is 3. The Balaban J connectivity index is 1.92. The highest BCUT2D eigenvalue weighted by Crippen LogP contribution is 2.16. The van der Waals surface area contributed by atoms with Crippen molar-refractivity contribution in [1.82, 2.24) is 10.2 Å². The number of alkyl carbamates (subject to hydrolysis) is 1.